The molecule has 2 bridgehead atoms. The summed E-state index contributed by atoms with van der Waals surface area (Å²) in [5.74, 6) is 3.25. The molecule has 0 aromatic rings. The first-order chi connectivity index (χ1) is 8.90. The maximum atomic E-state index is 12.6. The van der Waals surface area contributed by atoms with E-state index in [1.165, 1.54) is 38.5 Å². The van der Waals surface area contributed by atoms with Gasteiger partial charge in [-0.15, -0.1) is 0 Å². The van der Waals surface area contributed by atoms with Crippen LogP contribution in [-0.4, -0.2) is 5.78 Å². The van der Waals surface area contributed by atoms with Crippen molar-refractivity contribution in [3.63, 3.8) is 0 Å². The molecular weight excluding hydrogens is 232 g/mol. The Morgan fingerprint density at radius 3 is 2.37 bits per heavy atom. The molecule has 0 spiro atoms. The van der Waals surface area contributed by atoms with Gasteiger partial charge in [0.15, 0.2) is 0 Å². The third kappa shape index (κ3) is 1.76. The first-order valence-corrected chi connectivity index (χ1v) is 8.43. The topological polar surface area (TPSA) is 17.1 Å². The lowest BCUT2D eigenvalue weighted by molar-refractivity contribution is -0.130. The Bertz CT molecular complexity index is 383. The van der Waals surface area contributed by atoms with Gasteiger partial charge in [0.25, 0.3) is 0 Å². The molecule has 3 fully saturated rings. The number of carbonyl (C=O) groups is 1. The van der Waals surface area contributed by atoms with E-state index in [9.17, 15) is 4.79 Å². The Morgan fingerprint density at radius 1 is 1.16 bits per heavy atom. The zero-order chi connectivity index (χ0) is 13.8. The predicted octanol–water partition coefficient (Wildman–Crippen LogP) is 4.84. The molecular formula is C18H30O. The summed E-state index contributed by atoms with van der Waals surface area (Å²) < 4.78 is 0. The highest BCUT2D eigenvalue weighted by atomic mass is 16.1. The van der Waals surface area contributed by atoms with Crippen molar-refractivity contribution in [3.8, 4) is 0 Å². The minimum atomic E-state index is 0.400. The zero-order valence-corrected chi connectivity index (χ0v) is 13.2. The second-order valence-corrected chi connectivity index (χ2v) is 8.35. The van der Waals surface area contributed by atoms with E-state index in [0.717, 1.165) is 12.3 Å². The highest BCUT2D eigenvalue weighted by Gasteiger charge is 2.63. The number of fused-ring (bicyclic) bond motifs is 2. The maximum absolute atomic E-state index is 12.6. The van der Waals surface area contributed by atoms with Crippen LogP contribution in [-0.2, 0) is 4.79 Å². The van der Waals surface area contributed by atoms with E-state index in [-0.39, 0.29) is 0 Å². The fourth-order valence-corrected chi connectivity index (χ4v) is 5.76. The number of Topliss-reactive ketones (excluding diaryl/α,β-unsaturated/α-hetero) is 1. The minimum Gasteiger partial charge on any atom is -0.299 e. The summed E-state index contributed by atoms with van der Waals surface area (Å²) in [4.78, 5) is 12.6. The molecule has 3 rings (SSSR count). The van der Waals surface area contributed by atoms with E-state index in [4.69, 9.17) is 0 Å². The van der Waals surface area contributed by atoms with Gasteiger partial charge in [0.1, 0.15) is 5.78 Å². The molecule has 3 aliphatic rings. The average molecular weight is 262 g/mol. The first-order valence-electron chi connectivity index (χ1n) is 8.43. The lowest BCUT2D eigenvalue weighted by atomic mass is 9.60. The van der Waals surface area contributed by atoms with Gasteiger partial charge in [-0.05, 0) is 60.7 Å². The number of ketones is 1. The lowest BCUT2D eigenvalue weighted by Crippen LogP contribution is -2.40. The molecule has 0 aromatic heterocycles. The molecule has 0 saturated heterocycles. The van der Waals surface area contributed by atoms with Gasteiger partial charge in [0, 0.05) is 12.3 Å². The van der Waals surface area contributed by atoms with Crippen molar-refractivity contribution in [3.05, 3.63) is 0 Å². The monoisotopic (exact) mass is 262 g/mol. The third-order valence-electron chi connectivity index (χ3n) is 7.71. The number of hydrogen-bond acceptors (Lipinski definition) is 1. The number of carbonyl (C=O) groups excluding carboxylic acids is 1. The Hall–Kier alpha value is -0.330. The van der Waals surface area contributed by atoms with Crippen molar-refractivity contribution in [2.24, 2.45) is 34.5 Å². The van der Waals surface area contributed by atoms with Gasteiger partial charge >= 0.3 is 0 Å². The van der Waals surface area contributed by atoms with Crippen molar-refractivity contribution < 1.29 is 4.79 Å². The summed E-state index contributed by atoms with van der Waals surface area (Å²) in [6.07, 6.45) is 8.63. The van der Waals surface area contributed by atoms with Crippen LogP contribution in [0.4, 0.5) is 0 Å². The van der Waals surface area contributed by atoms with Gasteiger partial charge < -0.3 is 0 Å². The van der Waals surface area contributed by atoms with Crippen molar-refractivity contribution in [2.45, 2.75) is 72.6 Å². The van der Waals surface area contributed by atoms with Gasteiger partial charge in [0.05, 0.1) is 0 Å². The van der Waals surface area contributed by atoms with Gasteiger partial charge in [-0.1, -0.05) is 34.1 Å². The van der Waals surface area contributed by atoms with Gasteiger partial charge in [-0.3, -0.25) is 4.79 Å². The Kier molecular flexibility index (Phi) is 3.11. The second kappa shape index (κ2) is 4.33. The van der Waals surface area contributed by atoms with Crippen LogP contribution in [0, 0.1) is 34.5 Å². The second-order valence-electron chi connectivity index (χ2n) is 8.35. The maximum Gasteiger partial charge on any atom is 0.136 e. The Labute approximate surface area is 118 Å². The van der Waals surface area contributed by atoms with E-state index >= 15 is 0 Å². The summed E-state index contributed by atoms with van der Waals surface area (Å²) in [5.41, 5.74) is 0.886. The van der Waals surface area contributed by atoms with E-state index in [1.807, 2.05) is 0 Å². The summed E-state index contributed by atoms with van der Waals surface area (Å²) in [5, 5.41) is 0. The highest BCUT2D eigenvalue weighted by molar-refractivity contribution is 5.82. The fraction of sp³-hybridized carbons (Fsp3) is 0.944. The molecule has 3 saturated carbocycles. The van der Waals surface area contributed by atoms with Crippen molar-refractivity contribution >= 4 is 5.78 Å². The summed E-state index contributed by atoms with van der Waals surface area (Å²) in [6, 6.07) is 0. The fourth-order valence-electron chi connectivity index (χ4n) is 5.76. The van der Waals surface area contributed by atoms with Crippen molar-refractivity contribution in [1.29, 1.82) is 0 Å². The molecule has 0 heterocycles. The van der Waals surface area contributed by atoms with Crippen LogP contribution >= 0.6 is 0 Å². The van der Waals surface area contributed by atoms with Crippen molar-refractivity contribution in [2.75, 3.05) is 0 Å². The molecule has 3 aliphatic carbocycles. The first kappa shape index (κ1) is 13.6. The SMILES string of the molecule is CCC1CCC([C@@H]2C[C@H]3CC[C@]2(C)C3(C)C)C(=O)C1. The lowest BCUT2D eigenvalue weighted by Gasteiger charge is -2.44. The molecule has 0 radical (unpaired) electrons. The van der Waals surface area contributed by atoms with Crippen molar-refractivity contribution in [1.82, 2.24) is 0 Å². The van der Waals surface area contributed by atoms with E-state index in [1.54, 1.807) is 0 Å². The molecule has 0 aromatic carbocycles. The van der Waals surface area contributed by atoms with E-state index in [2.05, 4.69) is 27.7 Å². The largest absolute Gasteiger partial charge is 0.299 e. The molecule has 0 aliphatic heterocycles. The standard InChI is InChI=1S/C18H30O/c1-5-12-6-7-14(16(19)10-12)15-11-13-8-9-18(15,4)17(13,2)3/h12-15H,5-11H2,1-4H3/t12?,13-,14?,15+,18+/m1/s1. The van der Waals surface area contributed by atoms with Crippen LogP contribution in [0.1, 0.15) is 72.6 Å². The van der Waals surface area contributed by atoms with E-state index in [0.29, 0.717) is 34.4 Å². The molecule has 5 atom stereocenters. The molecule has 19 heavy (non-hydrogen) atoms. The minimum absolute atomic E-state index is 0.400. The zero-order valence-electron chi connectivity index (χ0n) is 13.2. The third-order valence-corrected chi connectivity index (χ3v) is 7.71. The molecule has 1 heteroatoms. The number of hydrogen-bond donors (Lipinski definition) is 0. The molecule has 0 amide bonds. The van der Waals surface area contributed by atoms with Crippen LogP contribution in [0.3, 0.4) is 0 Å². The van der Waals surface area contributed by atoms with Crippen LogP contribution in [0.2, 0.25) is 0 Å². The Morgan fingerprint density at radius 2 is 1.89 bits per heavy atom. The van der Waals surface area contributed by atoms with Gasteiger partial charge in [-0.2, -0.15) is 0 Å². The predicted molar refractivity (Wildman–Crippen MR) is 78.8 cm³/mol. The Balaban J connectivity index is 1.80. The van der Waals surface area contributed by atoms with Gasteiger partial charge in [0.2, 0.25) is 0 Å². The molecule has 0 N–H and O–H groups in total. The molecule has 1 nitrogen and oxygen atoms in total. The molecule has 108 valence electrons. The van der Waals surface area contributed by atoms with Crippen LogP contribution < -0.4 is 0 Å². The summed E-state index contributed by atoms with van der Waals surface area (Å²) in [6.45, 7) is 9.66. The van der Waals surface area contributed by atoms with E-state index < -0.39 is 0 Å². The highest BCUT2D eigenvalue weighted by Crippen LogP contribution is 2.70. The van der Waals surface area contributed by atoms with Crippen LogP contribution in [0.5, 0.6) is 0 Å². The smallest absolute Gasteiger partial charge is 0.136 e. The van der Waals surface area contributed by atoms with Crippen LogP contribution in [0.25, 0.3) is 0 Å². The number of rotatable bonds is 2. The quantitative estimate of drug-likeness (QED) is 0.695. The summed E-state index contributed by atoms with van der Waals surface area (Å²) >= 11 is 0. The summed E-state index contributed by atoms with van der Waals surface area (Å²) in [7, 11) is 0. The van der Waals surface area contributed by atoms with Gasteiger partial charge in [-0.25, -0.2) is 0 Å². The average Bonchev–Trinajstić information content (AvgIpc) is 2.71. The van der Waals surface area contributed by atoms with Crippen LogP contribution in [0.15, 0.2) is 0 Å². The molecule has 2 unspecified atom stereocenters. The normalized spacial score (nSPS) is 48.7.